The first-order chi connectivity index (χ1) is 13.8. The quantitative estimate of drug-likeness (QED) is 0.539. The molecule has 1 saturated heterocycles. The maximum atomic E-state index is 6.26. The van der Waals surface area contributed by atoms with Crippen LogP contribution in [-0.4, -0.2) is 32.8 Å². The fourth-order valence-corrected chi connectivity index (χ4v) is 4.29. The van der Waals surface area contributed by atoms with E-state index in [2.05, 4.69) is 57.7 Å². The van der Waals surface area contributed by atoms with Crippen molar-refractivity contribution in [3.8, 4) is 0 Å². The van der Waals surface area contributed by atoms with Gasteiger partial charge in [0, 0.05) is 13.0 Å². The van der Waals surface area contributed by atoms with E-state index in [1.54, 1.807) is 6.33 Å². The molecule has 150 valence electrons. The van der Waals surface area contributed by atoms with Crippen molar-refractivity contribution in [2.75, 3.05) is 18.8 Å². The molecule has 0 spiro atoms. The highest BCUT2D eigenvalue weighted by molar-refractivity contribution is 5.90. The van der Waals surface area contributed by atoms with Crippen LogP contribution in [0.3, 0.4) is 0 Å². The van der Waals surface area contributed by atoms with Crippen LogP contribution in [0, 0.1) is 5.92 Å². The van der Waals surface area contributed by atoms with Crippen LogP contribution >= 0.6 is 12.4 Å². The van der Waals surface area contributed by atoms with Gasteiger partial charge in [-0.25, -0.2) is 14.6 Å². The molecule has 0 amide bonds. The van der Waals surface area contributed by atoms with Crippen LogP contribution in [0.15, 0.2) is 48.8 Å². The Hall–Kier alpha value is -2.70. The summed E-state index contributed by atoms with van der Waals surface area (Å²) >= 11 is 0. The van der Waals surface area contributed by atoms with Gasteiger partial charge in [0.1, 0.15) is 12.1 Å². The Kier molecular flexibility index (Phi) is 5.65. The zero-order valence-corrected chi connectivity index (χ0v) is 17.0. The Morgan fingerprint density at radius 2 is 1.83 bits per heavy atom. The van der Waals surface area contributed by atoms with Gasteiger partial charge < -0.3 is 11.1 Å². The molecule has 0 aliphatic carbocycles. The third kappa shape index (κ3) is 3.78. The molecule has 2 aromatic heterocycles. The molecule has 3 N–H and O–H groups in total. The first-order valence-corrected chi connectivity index (χ1v) is 9.93. The van der Waals surface area contributed by atoms with Gasteiger partial charge in [-0.1, -0.05) is 42.5 Å². The zero-order chi connectivity index (χ0) is 18.9. The minimum Gasteiger partial charge on any atom is -0.383 e. The van der Waals surface area contributed by atoms with E-state index in [-0.39, 0.29) is 12.4 Å². The number of benzene rings is 2. The van der Waals surface area contributed by atoms with Crippen LogP contribution in [0.1, 0.15) is 24.1 Å². The molecule has 0 saturated carbocycles. The van der Waals surface area contributed by atoms with Crippen molar-refractivity contribution >= 4 is 40.0 Å². The first kappa shape index (κ1) is 19.6. The van der Waals surface area contributed by atoms with Crippen molar-refractivity contribution in [2.45, 2.75) is 25.8 Å². The van der Waals surface area contributed by atoms with Gasteiger partial charge in [-0.05, 0) is 48.2 Å². The molecule has 3 heterocycles. The van der Waals surface area contributed by atoms with E-state index >= 15 is 0 Å². The highest BCUT2D eigenvalue weighted by atomic mass is 35.5. The average Bonchev–Trinajstić information content (AvgIpc) is 3.07. The van der Waals surface area contributed by atoms with E-state index in [1.165, 1.54) is 29.2 Å². The Morgan fingerprint density at radius 3 is 2.69 bits per heavy atom. The van der Waals surface area contributed by atoms with Crippen molar-refractivity contribution in [3.05, 3.63) is 60.0 Å². The van der Waals surface area contributed by atoms with Crippen LogP contribution in [0.5, 0.6) is 0 Å². The minimum absolute atomic E-state index is 0. The summed E-state index contributed by atoms with van der Waals surface area (Å²) in [7, 11) is 0. The monoisotopic (exact) mass is 408 g/mol. The molecule has 2 aromatic carbocycles. The summed E-state index contributed by atoms with van der Waals surface area (Å²) in [6.07, 6.45) is 4.59. The number of aromatic nitrogens is 4. The summed E-state index contributed by atoms with van der Waals surface area (Å²) < 4.78 is 2.05. The van der Waals surface area contributed by atoms with Gasteiger partial charge >= 0.3 is 0 Å². The van der Waals surface area contributed by atoms with E-state index < -0.39 is 0 Å². The van der Waals surface area contributed by atoms with Gasteiger partial charge in [0.15, 0.2) is 5.65 Å². The second-order valence-corrected chi connectivity index (χ2v) is 7.59. The number of anilines is 1. The maximum absolute atomic E-state index is 6.26. The van der Waals surface area contributed by atoms with Gasteiger partial charge in [-0.3, -0.25) is 0 Å². The number of rotatable bonds is 4. The van der Waals surface area contributed by atoms with Crippen LogP contribution in [0.4, 0.5) is 5.82 Å². The van der Waals surface area contributed by atoms with E-state index in [4.69, 9.17) is 10.8 Å². The summed E-state index contributed by atoms with van der Waals surface area (Å²) in [4.78, 5) is 8.76. The zero-order valence-electron chi connectivity index (χ0n) is 16.2. The maximum Gasteiger partial charge on any atom is 0.163 e. The molecule has 1 aliphatic heterocycles. The Bertz CT molecular complexity index is 1130. The van der Waals surface area contributed by atoms with Crippen LogP contribution in [-0.2, 0) is 13.0 Å². The molecular weight excluding hydrogens is 384 g/mol. The second-order valence-electron chi connectivity index (χ2n) is 7.59. The fourth-order valence-electron chi connectivity index (χ4n) is 4.29. The number of piperidine rings is 1. The number of nitrogens with two attached hydrogens (primary N) is 1. The lowest BCUT2D eigenvalue weighted by Crippen LogP contribution is -2.30. The summed E-state index contributed by atoms with van der Waals surface area (Å²) in [6, 6.07) is 14.9. The van der Waals surface area contributed by atoms with Crippen molar-refractivity contribution < 1.29 is 0 Å². The third-order valence-corrected chi connectivity index (χ3v) is 5.76. The highest BCUT2D eigenvalue weighted by Gasteiger charge is 2.20. The van der Waals surface area contributed by atoms with Gasteiger partial charge in [0.2, 0.25) is 0 Å². The number of hydrogen-bond donors (Lipinski definition) is 2. The molecule has 29 heavy (non-hydrogen) atoms. The van der Waals surface area contributed by atoms with E-state index in [0.717, 1.165) is 36.4 Å². The molecule has 5 rings (SSSR count). The molecule has 0 atom stereocenters. The number of nitrogen functional groups attached to an aromatic ring is 1. The van der Waals surface area contributed by atoms with Crippen molar-refractivity contribution in [2.24, 2.45) is 5.92 Å². The molecule has 0 unspecified atom stereocenters. The Labute approximate surface area is 175 Å². The fraction of sp³-hybridized carbons (Fsp3) is 0.318. The average molecular weight is 409 g/mol. The standard InChI is InChI=1S/C22H24N6.ClH/c23-21-20-19(12-17-6-3-5-16-4-1-2-7-18(16)17)27-28(22(20)26-14-25-21)13-15-8-10-24-11-9-15;/h1-7,14-15,24H,8-13H2,(H2,23,25,26);1H. The number of hydrogen-bond acceptors (Lipinski definition) is 5. The molecule has 4 aromatic rings. The lowest BCUT2D eigenvalue weighted by atomic mass is 9.98. The van der Waals surface area contributed by atoms with Gasteiger partial charge in [0.25, 0.3) is 0 Å². The summed E-state index contributed by atoms with van der Waals surface area (Å²) in [5, 5.41) is 11.8. The molecule has 0 radical (unpaired) electrons. The number of nitrogens with zero attached hydrogens (tertiary/aromatic N) is 4. The number of nitrogens with one attached hydrogen (secondary N) is 1. The molecule has 6 nitrogen and oxygen atoms in total. The molecule has 1 aliphatic rings. The lowest BCUT2D eigenvalue weighted by Gasteiger charge is -2.22. The SMILES string of the molecule is Cl.Nc1ncnc2c1c(Cc1cccc3ccccc13)nn2CC1CCNCC1. The van der Waals surface area contributed by atoms with Gasteiger partial charge in [-0.2, -0.15) is 5.10 Å². The number of halogens is 1. The molecule has 0 bridgehead atoms. The first-order valence-electron chi connectivity index (χ1n) is 9.93. The van der Waals surface area contributed by atoms with E-state index in [0.29, 0.717) is 18.2 Å². The van der Waals surface area contributed by atoms with Crippen LogP contribution < -0.4 is 11.1 Å². The smallest absolute Gasteiger partial charge is 0.163 e. The van der Waals surface area contributed by atoms with Gasteiger partial charge in [-0.15, -0.1) is 12.4 Å². The van der Waals surface area contributed by atoms with E-state index in [1.807, 2.05) is 4.68 Å². The minimum atomic E-state index is 0. The van der Waals surface area contributed by atoms with Crippen molar-refractivity contribution in [1.82, 2.24) is 25.1 Å². The third-order valence-electron chi connectivity index (χ3n) is 5.76. The van der Waals surface area contributed by atoms with Gasteiger partial charge in [0.05, 0.1) is 11.1 Å². The molecular formula is C22H25ClN6. The predicted molar refractivity (Wildman–Crippen MR) is 119 cm³/mol. The number of fused-ring (bicyclic) bond motifs is 2. The molecule has 1 fully saturated rings. The summed E-state index contributed by atoms with van der Waals surface area (Å²) in [5.41, 5.74) is 9.31. The second kappa shape index (κ2) is 8.35. The lowest BCUT2D eigenvalue weighted by molar-refractivity contribution is 0.324. The molecule has 7 heteroatoms. The highest BCUT2D eigenvalue weighted by Crippen LogP contribution is 2.28. The topological polar surface area (TPSA) is 81.7 Å². The van der Waals surface area contributed by atoms with Crippen molar-refractivity contribution in [1.29, 1.82) is 0 Å². The Morgan fingerprint density at radius 1 is 1.03 bits per heavy atom. The summed E-state index contributed by atoms with van der Waals surface area (Å²) in [5.74, 6) is 1.13. The summed E-state index contributed by atoms with van der Waals surface area (Å²) in [6.45, 7) is 3.03. The van der Waals surface area contributed by atoms with E-state index in [9.17, 15) is 0 Å². The Balaban J connectivity index is 0.00000205. The van der Waals surface area contributed by atoms with Crippen LogP contribution in [0.2, 0.25) is 0 Å². The largest absolute Gasteiger partial charge is 0.383 e. The van der Waals surface area contributed by atoms with Crippen LogP contribution in [0.25, 0.3) is 21.8 Å². The normalized spacial score (nSPS) is 14.9. The predicted octanol–water partition coefficient (Wildman–Crippen LogP) is 3.57. The van der Waals surface area contributed by atoms with Crippen molar-refractivity contribution in [3.63, 3.8) is 0 Å².